The highest BCUT2D eigenvalue weighted by molar-refractivity contribution is 6.33. The molecule has 13 heteroatoms. The van der Waals surface area contributed by atoms with Crippen molar-refractivity contribution in [2.45, 2.75) is 25.0 Å². The highest BCUT2D eigenvalue weighted by Crippen LogP contribution is 2.29. The van der Waals surface area contributed by atoms with Crippen LogP contribution >= 0.6 is 11.6 Å². The molecule has 0 saturated carbocycles. The van der Waals surface area contributed by atoms with Gasteiger partial charge in [0.15, 0.2) is 0 Å². The molecular weight excluding hydrogens is 549 g/mol. The summed E-state index contributed by atoms with van der Waals surface area (Å²) < 4.78 is 29.5. The van der Waals surface area contributed by atoms with E-state index < -0.39 is 11.9 Å². The van der Waals surface area contributed by atoms with Gasteiger partial charge in [0.25, 0.3) is 5.91 Å². The Balaban J connectivity index is 0.000000611. The summed E-state index contributed by atoms with van der Waals surface area (Å²) in [5.74, 6) is -2.05. The number of halogens is 2. The number of carbonyl (C=O) groups is 3. The van der Waals surface area contributed by atoms with E-state index in [2.05, 4.69) is 10.2 Å². The van der Waals surface area contributed by atoms with Gasteiger partial charge in [-0.2, -0.15) is 0 Å². The van der Waals surface area contributed by atoms with E-state index in [9.17, 15) is 18.8 Å². The van der Waals surface area contributed by atoms with Crippen molar-refractivity contribution in [1.82, 2.24) is 10.2 Å². The fourth-order valence-electron chi connectivity index (χ4n) is 3.90. The largest absolute Gasteiger partial charge is 0.496 e. The second-order valence-electron chi connectivity index (χ2n) is 8.68. The zero-order chi connectivity index (χ0) is 29.7. The van der Waals surface area contributed by atoms with Crippen LogP contribution in [0.3, 0.4) is 0 Å². The van der Waals surface area contributed by atoms with Gasteiger partial charge in [0.2, 0.25) is 0 Å². The number of benzene rings is 2. The molecule has 0 unspecified atom stereocenters. The SMILES string of the molecule is COc1cc(N)c(Cl)cc1C(=O)N[C@H]1CCN(CCCOc2ccc(F)cc2)C[C@H]1OC.O=C(O)/C=C\C(=O)O. The fraction of sp³-hybridized carbons (Fsp3) is 0.370. The number of anilines is 1. The molecule has 1 heterocycles. The summed E-state index contributed by atoms with van der Waals surface area (Å²) >= 11 is 6.09. The molecule has 218 valence electrons. The monoisotopic (exact) mass is 581 g/mol. The Bertz CT molecular complexity index is 1160. The topological polar surface area (TPSA) is 161 Å². The smallest absolute Gasteiger partial charge is 0.328 e. The van der Waals surface area contributed by atoms with Crippen molar-refractivity contribution in [2.75, 3.05) is 46.2 Å². The molecular formula is C27H33ClFN3O8. The summed E-state index contributed by atoms with van der Waals surface area (Å²) in [6, 6.07) is 8.92. The molecule has 1 amide bonds. The summed E-state index contributed by atoms with van der Waals surface area (Å²) in [6.07, 6.45) is 2.53. The third kappa shape index (κ3) is 10.7. The van der Waals surface area contributed by atoms with Gasteiger partial charge in [0, 0.05) is 45.0 Å². The number of amides is 1. The lowest BCUT2D eigenvalue weighted by Crippen LogP contribution is -2.55. The number of carbonyl (C=O) groups excluding carboxylic acids is 1. The van der Waals surface area contributed by atoms with Gasteiger partial charge in [-0.3, -0.25) is 4.79 Å². The average Bonchev–Trinajstić information content (AvgIpc) is 2.93. The Labute approximate surface area is 236 Å². The van der Waals surface area contributed by atoms with Gasteiger partial charge >= 0.3 is 11.9 Å². The number of piperidine rings is 1. The fourth-order valence-corrected chi connectivity index (χ4v) is 4.06. The number of aliphatic carboxylic acids is 2. The summed E-state index contributed by atoms with van der Waals surface area (Å²) in [5.41, 5.74) is 6.49. The third-order valence-corrected chi connectivity index (χ3v) is 6.22. The van der Waals surface area contributed by atoms with E-state index in [0.717, 1.165) is 25.9 Å². The van der Waals surface area contributed by atoms with Crippen LogP contribution in [0.5, 0.6) is 11.5 Å². The first-order valence-electron chi connectivity index (χ1n) is 12.2. The molecule has 0 aliphatic carbocycles. The van der Waals surface area contributed by atoms with Crippen molar-refractivity contribution in [3.8, 4) is 11.5 Å². The number of likely N-dealkylation sites (tertiary alicyclic amines) is 1. The lowest BCUT2D eigenvalue weighted by Gasteiger charge is -2.38. The summed E-state index contributed by atoms with van der Waals surface area (Å²) in [5, 5.41) is 19.0. The second kappa shape index (κ2) is 16.3. The van der Waals surface area contributed by atoms with Crippen LogP contribution in [0.25, 0.3) is 0 Å². The zero-order valence-corrected chi connectivity index (χ0v) is 22.9. The molecule has 11 nitrogen and oxygen atoms in total. The van der Waals surface area contributed by atoms with Gasteiger partial charge in [-0.05, 0) is 43.2 Å². The van der Waals surface area contributed by atoms with E-state index in [1.807, 2.05) is 0 Å². The molecule has 1 aliphatic heterocycles. The number of nitrogens with two attached hydrogens (primary N) is 1. The van der Waals surface area contributed by atoms with Gasteiger partial charge < -0.3 is 40.4 Å². The average molecular weight is 582 g/mol. The van der Waals surface area contributed by atoms with Crippen molar-refractivity contribution in [2.24, 2.45) is 0 Å². The maximum atomic E-state index is 12.9. The van der Waals surface area contributed by atoms with Crippen molar-refractivity contribution >= 4 is 35.1 Å². The minimum Gasteiger partial charge on any atom is -0.496 e. The first-order valence-corrected chi connectivity index (χ1v) is 12.6. The zero-order valence-electron chi connectivity index (χ0n) is 22.1. The quantitative estimate of drug-likeness (QED) is 0.176. The predicted molar refractivity (Wildman–Crippen MR) is 146 cm³/mol. The van der Waals surface area contributed by atoms with Gasteiger partial charge in [-0.25, -0.2) is 14.0 Å². The van der Waals surface area contributed by atoms with E-state index >= 15 is 0 Å². The van der Waals surface area contributed by atoms with Gasteiger partial charge in [0.1, 0.15) is 17.3 Å². The standard InChI is InChI=1S/C23H29ClFN3O4.C4H4O4/c1-30-21-13-19(26)18(24)12-17(21)23(29)27-20-8-10-28(14-22(20)31-2)9-3-11-32-16-6-4-15(25)5-7-16;5-3(6)1-2-4(7)8/h4-7,12-13,20,22H,3,8-11,14,26H2,1-2H3,(H,27,29);1-2H,(H,5,6)(H,7,8)/b;2-1-/t20-,22+;/m0./s1. The van der Waals surface area contributed by atoms with Crippen LogP contribution in [0.4, 0.5) is 10.1 Å². The number of carboxylic acids is 2. The number of methoxy groups -OCH3 is 2. The third-order valence-electron chi connectivity index (χ3n) is 5.90. The Hall–Kier alpha value is -3.87. The van der Waals surface area contributed by atoms with Gasteiger partial charge in [-0.1, -0.05) is 11.6 Å². The number of carboxylic acid groups (broad SMARTS) is 2. The van der Waals surface area contributed by atoms with Gasteiger partial charge in [0.05, 0.1) is 42.1 Å². The Morgan fingerprint density at radius 3 is 2.38 bits per heavy atom. The molecule has 0 aromatic heterocycles. The number of hydrogen-bond acceptors (Lipinski definition) is 8. The van der Waals surface area contributed by atoms with Crippen LogP contribution in [0, 0.1) is 5.82 Å². The number of nitrogens with one attached hydrogen (secondary N) is 1. The van der Waals surface area contributed by atoms with E-state index in [0.29, 0.717) is 53.1 Å². The number of nitrogens with zero attached hydrogens (tertiary/aromatic N) is 1. The molecule has 5 N–H and O–H groups in total. The van der Waals surface area contributed by atoms with Crippen LogP contribution in [0.15, 0.2) is 48.6 Å². The lowest BCUT2D eigenvalue weighted by molar-refractivity contribution is -0.134. The van der Waals surface area contributed by atoms with E-state index in [1.54, 1.807) is 25.3 Å². The van der Waals surface area contributed by atoms with Crippen LogP contribution in [-0.4, -0.2) is 85.6 Å². The Morgan fingerprint density at radius 1 is 1.15 bits per heavy atom. The molecule has 0 bridgehead atoms. The van der Waals surface area contributed by atoms with Crippen LogP contribution in [-0.2, 0) is 14.3 Å². The van der Waals surface area contributed by atoms with E-state index in [4.69, 9.17) is 41.8 Å². The Morgan fingerprint density at radius 2 is 1.80 bits per heavy atom. The minimum atomic E-state index is -1.26. The number of rotatable bonds is 11. The van der Waals surface area contributed by atoms with Crippen LogP contribution in [0.2, 0.25) is 5.02 Å². The van der Waals surface area contributed by atoms with Gasteiger partial charge in [-0.15, -0.1) is 0 Å². The normalized spacial score (nSPS) is 17.0. The lowest BCUT2D eigenvalue weighted by atomic mass is 10.0. The van der Waals surface area contributed by atoms with Crippen molar-refractivity contribution in [3.05, 3.63) is 65.0 Å². The molecule has 2 aromatic carbocycles. The summed E-state index contributed by atoms with van der Waals surface area (Å²) in [4.78, 5) is 34.3. The van der Waals surface area contributed by atoms with Crippen molar-refractivity contribution in [1.29, 1.82) is 0 Å². The highest BCUT2D eigenvalue weighted by atomic mass is 35.5. The molecule has 0 radical (unpaired) electrons. The number of nitrogen functional groups attached to an aromatic ring is 1. The molecule has 1 saturated heterocycles. The first-order chi connectivity index (χ1) is 19.0. The van der Waals surface area contributed by atoms with Crippen molar-refractivity contribution < 1.29 is 43.2 Å². The summed E-state index contributed by atoms with van der Waals surface area (Å²) in [6.45, 7) is 2.89. The second-order valence-corrected chi connectivity index (χ2v) is 9.09. The molecule has 3 rings (SSSR count). The van der Waals surface area contributed by atoms with Crippen LogP contribution < -0.4 is 20.5 Å². The molecule has 0 spiro atoms. The predicted octanol–water partition coefficient (Wildman–Crippen LogP) is 3.07. The first kappa shape index (κ1) is 32.3. The van der Waals surface area contributed by atoms with Crippen LogP contribution in [0.1, 0.15) is 23.2 Å². The molecule has 40 heavy (non-hydrogen) atoms. The minimum absolute atomic E-state index is 0.139. The molecule has 1 aliphatic rings. The van der Waals surface area contributed by atoms with E-state index in [-0.39, 0.29) is 23.9 Å². The molecule has 2 aromatic rings. The number of ether oxygens (including phenoxy) is 3. The maximum absolute atomic E-state index is 12.9. The summed E-state index contributed by atoms with van der Waals surface area (Å²) in [7, 11) is 3.13. The maximum Gasteiger partial charge on any atom is 0.328 e. The van der Waals surface area contributed by atoms with Crippen molar-refractivity contribution in [3.63, 3.8) is 0 Å². The Kier molecular flexibility index (Phi) is 13.2. The molecule has 1 fully saturated rings. The van der Waals surface area contributed by atoms with E-state index in [1.165, 1.54) is 25.3 Å². The molecule has 2 atom stereocenters. The highest BCUT2D eigenvalue weighted by Gasteiger charge is 2.31. The number of hydrogen-bond donors (Lipinski definition) is 4.